The SMILES string of the molecule is CC.CCCCc1nc(C#N)c(C)n1Cc1ccc(C2OCCO2)cc1. The quantitative estimate of drug-likeness (QED) is 0.764. The largest absolute Gasteiger partial charge is 0.346 e. The predicted octanol–water partition coefficient (Wildman–Crippen LogP) is 4.53. The van der Waals surface area contributed by atoms with E-state index >= 15 is 0 Å². The molecule has 0 spiro atoms. The molecule has 0 N–H and O–H groups in total. The molecular formula is C21H29N3O2. The molecular weight excluding hydrogens is 326 g/mol. The molecule has 0 aliphatic carbocycles. The molecule has 0 amide bonds. The van der Waals surface area contributed by atoms with E-state index in [9.17, 15) is 5.26 Å². The van der Waals surface area contributed by atoms with Gasteiger partial charge in [0.15, 0.2) is 12.0 Å². The summed E-state index contributed by atoms with van der Waals surface area (Å²) in [5, 5.41) is 9.25. The van der Waals surface area contributed by atoms with Gasteiger partial charge in [-0.2, -0.15) is 5.26 Å². The summed E-state index contributed by atoms with van der Waals surface area (Å²) in [6, 6.07) is 10.5. The van der Waals surface area contributed by atoms with E-state index in [2.05, 4.69) is 46.8 Å². The topological polar surface area (TPSA) is 60.1 Å². The van der Waals surface area contributed by atoms with Crippen molar-refractivity contribution in [1.29, 1.82) is 5.26 Å². The van der Waals surface area contributed by atoms with Gasteiger partial charge in [-0.3, -0.25) is 0 Å². The van der Waals surface area contributed by atoms with Gasteiger partial charge in [0.1, 0.15) is 11.9 Å². The molecule has 1 saturated heterocycles. The van der Waals surface area contributed by atoms with Crippen LogP contribution in [0.2, 0.25) is 0 Å². The van der Waals surface area contributed by atoms with Crippen molar-refractivity contribution < 1.29 is 9.47 Å². The number of nitriles is 1. The lowest BCUT2D eigenvalue weighted by Gasteiger charge is -2.12. The number of aromatic nitrogens is 2. The number of nitrogens with zero attached hydrogens (tertiary/aromatic N) is 3. The molecule has 140 valence electrons. The zero-order valence-electron chi connectivity index (χ0n) is 16.3. The van der Waals surface area contributed by atoms with Gasteiger partial charge in [0.25, 0.3) is 0 Å². The molecule has 3 rings (SSSR count). The van der Waals surface area contributed by atoms with Crippen LogP contribution in [0.15, 0.2) is 24.3 Å². The Morgan fingerprint density at radius 1 is 1.19 bits per heavy atom. The van der Waals surface area contributed by atoms with Crippen LogP contribution in [0.5, 0.6) is 0 Å². The summed E-state index contributed by atoms with van der Waals surface area (Å²) < 4.78 is 13.2. The molecule has 2 aromatic rings. The Morgan fingerprint density at radius 2 is 1.85 bits per heavy atom. The summed E-state index contributed by atoms with van der Waals surface area (Å²) in [5.41, 5.74) is 3.70. The van der Waals surface area contributed by atoms with E-state index in [4.69, 9.17) is 9.47 Å². The van der Waals surface area contributed by atoms with Gasteiger partial charge in [-0.1, -0.05) is 51.5 Å². The molecule has 0 unspecified atom stereocenters. The fraction of sp³-hybridized carbons (Fsp3) is 0.524. The molecule has 0 atom stereocenters. The molecule has 1 fully saturated rings. The fourth-order valence-corrected chi connectivity index (χ4v) is 2.95. The lowest BCUT2D eigenvalue weighted by Crippen LogP contribution is -2.07. The lowest BCUT2D eigenvalue weighted by atomic mass is 10.1. The van der Waals surface area contributed by atoms with Crippen molar-refractivity contribution in [2.75, 3.05) is 13.2 Å². The van der Waals surface area contributed by atoms with E-state index in [0.29, 0.717) is 18.9 Å². The second-order valence-electron chi connectivity index (χ2n) is 6.08. The highest BCUT2D eigenvalue weighted by atomic mass is 16.7. The van der Waals surface area contributed by atoms with Crippen molar-refractivity contribution >= 4 is 0 Å². The highest BCUT2D eigenvalue weighted by Gasteiger charge is 2.18. The van der Waals surface area contributed by atoms with Crippen LogP contribution in [-0.2, 0) is 22.4 Å². The van der Waals surface area contributed by atoms with Crippen LogP contribution in [0.25, 0.3) is 0 Å². The van der Waals surface area contributed by atoms with Crippen LogP contribution >= 0.6 is 0 Å². The van der Waals surface area contributed by atoms with Gasteiger partial charge in [-0.25, -0.2) is 4.98 Å². The Morgan fingerprint density at radius 3 is 2.42 bits per heavy atom. The van der Waals surface area contributed by atoms with Crippen molar-refractivity contribution in [1.82, 2.24) is 9.55 Å². The number of benzene rings is 1. The first-order valence-corrected chi connectivity index (χ1v) is 9.51. The van der Waals surface area contributed by atoms with E-state index in [1.807, 2.05) is 20.8 Å². The maximum atomic E-state index is 9.25. The lowest BCUT2D eigenvalue weighted by molar-refractivity contribution is -0.0441. The molecule has 2 heterocycles. The first kappa shape index (κ1) is 20.2. The first-order valence-electron chi connectivity index (χ1n) is 9.51. The highest BCUT2D eigenvalue weighted by Crippen LogP contribution is 2.24. The standard InChI is InChI=1S/C19H23N3O2.C2H6/c1-3-4-5-18-21-17(12-20)14(2)22(18)13-15-6-8-16(9-7-15)19-23-10-11-24-19;1-2/h6-9,19H,3-5,10-11,13H2,1-2H3;1-2H3. The first-order chi connectivity index (χ1) is 12.7. The molecule has 1 aromatic carbocycles. The third-order valence-electron chi connectivity index (χ3n) is 4.37. The third-order valence-corrected chi connectivity index (χ3v) is 4.37. The molecule has 1 aliphatic heterocycles. The number of hydrogen-bond donors (Lipinski definition) is 0. The molecule has 0 saturated carbocycles. The van der Waals surface area contributed by atoms with E-state index < -0.39 is 0 Å². The predicted molar refractivity (Wildman–Crippen MR) is 102 cm³/mol. The van der Waals surface area contributed by atoms with Gasteiger partial charge in [-0.05, 0) is 18.9 Å². The summed E-state index contributed by atoms with van der Waals surface area (Å²) in [5.74, 6) is 0.998. The average Bonchev–Trinajstić information content (AvgIpc) is 3.32. The summed E-state index contributed by atoms with van der Waals surface area (Å²) >= 11 is 0. The molecule has 26 heavy (non-hydrogen) atoms. The van der Waals surface area contributed by atoms with Crippen LogP contribution in [0.4, 0.5) is 0 Å². The Bertz CT molecular complexity index is 723. The van der Waals surface area contributed by atoms with Gasteiger partial charge in [0, 0.05) is 18.5 Å². The van der Waals surface area contributed by atoms with Crippen LogP contribution in [-0.4, -0.2) is 22.8 Å². The van der Waals surface area contributed by atoms with Gasteiger partial charge >= 0.3 is 0 Å². The molecule has 0 bridgehead atoms. The summed E-state index contributed by atoms with van der Waals surface area (Å²) in [4.78, 5) is 4.50. The number of rotatable bonds is 6. The number of hydrogen-bond acceptors (Lipinski definition) is 4. The van der Waals surface area contributed by atoms with Crippen molar-refractivity contribution in [3.05, 3.63) is 52.6 Å². The van der Waals surface area contributed by atoms with Crippen LogP contribution in [0.1, 0.15) is 68.2 Å². The van der Waals surface area contributed by atoms with E-state index in [1.165, 1.54) is 5.56 Å². The van der Waals surface area contributed by atoms with Crippen LogP contribution < -0.4 is 0 Å². The van der Waals surface area contributed by atoms with Crippen molar-refractivity contribution in [3.63, 3.8) is 0 Å². The minimum atomic E-state index is -0.237. The fourth-order valence-electron chi connectivity index (χ4n) is 2.95. The van der Waals surface area contributed by atoms with Crippen molar-refractivity contribution in [2.45, 2.75) is 59.8 Å². The normalized spacial score (nSPS) is 14.0. The molecule has 1 aliphatic rings. The Labute approximate surface area is 156 Å². The average molecular weight is 355 g/mol. The van der Waals surface area contributed by atoms with Crippen molar-refractivity contribution in [3.8, 4) is 6.07 Å². The Hall–Kier alpha value is -2.16. The van der Waals surface area contributed by atoms with Gasteiger partial charge < -0.3 is 14.0 Å². The monoisotopic (exact) mass is 355 g/mol. The number of aryl methyl sites for hydroxylation is 1. The summed E-state index contributed by atoms with van der Waals surface area (Å²) in [6.45, 7) is 10.2. The van der Waals surface area contributed by atoms with Crippen LogP contribution in [0.3, 0.4) is 0 Å². The molecule has 5 heteroatoms. The van der Waals surface area contributed by atoms with E-state index in [0.717, 1.165) is 42.9 Å². The maximum absolute atomic E-state index is 9.25. The number of imidazole rings is 1. The molecule has 0 radical (unpaired) electrons. The van der Waals surface area contributed by atoms with Crippen LogP contribution in [0, 0.1) is 18.3 Å². The second kappa shape index (κ2) is 10.1. The Balaban J connectivity index is 0.00000117. The molecule has 5 nitrogen and oxygen atoms in total. The highest BCUT2D eigenvalue weighted by molar-refractivity contribution is 5.30. The van der Waals surface area contributed by atoms with E-state index in [1.54, 1.807) is 0 Å². The minimum Gasteiger partial charge on any atom is -0.346 e. The van der Waals surface area contributed by atoms with Crippen molar-refractivity contribution in [2.24, 2.45) is 0 Å². The second-order valence-corrected chi connectivity index (χ2v) is 6.08. The summed E-state index contributed by atoms with van der Waals surface area (Å²) in [7, 11) is 0. The smallest absolute Gasteiger partial charge is 0.184 e. The Kier molecular flexibility index (Phi) is 7.83. The van der Waals surface area contributed by atoms with Gasteiger partial charge in [0.2, 0.25) is 0 Å². The summed E-state index contributed by atoms with van der Waals surface area (Å²) in [6.07, 6.45) is 2.86. The number of unbranched alkanes of at least 4 members (excludes halogenated alkanes) is 1. The van der Waals surface area contributed by atoms with Gasteiger partial charge in [-0.15, -0.1) is 0 Å². The number of ether oxygens (including phenoxy) is 2. The molecule has 1 aromatic heterocycles. The maximum Gasteiger partial charge on any atom is 0.184 e. The zero-order valence-corrected chi connectivity index (χ0v) is 16.3. The van der Waals surface area contributed by atoms with E-state index in [-0.39, 0.29) is 6.29 Å². The third kappa shape index (κ3) is 4.72. The zero-order chi connectivity index (χ0) is 18.9. The minimum absolute atomic E-state index is 0.237. The van der Waals surface area contributed by atoms with Gasteiger partial charge in [0.05, 0.1) is 18.9 Å².